The van der Waals surface area contributed by atoms with Gasteiger partial charge in [0.05, 0.1) is 17.5 Å². The first kappa shape index (κ1) is 13.2. The van der Waals surface area contributed by atoms with Crippen molar-refractivity contribution in [3.63, 3.8) is 0 Å². The van der Waals surface area contributed by atoms with Crippen molar-refractivity contribution in [2.24, 2.45) is 0 Å². The first-order chi connectivity index (χ1) is 7.60. The highest BCUT2D eigenvalue weighted by Gasteiger charge is 2.17. The average Bonchev–Trinajstić information content (AvgIpc) is 2.74. The molecular formula is C12H19NO2S. The molecule has 0 saturated heterocycles. The van der Waals surface area contributed by atoms with Crippen molar-refractivity contribution in [2.75, 3.05) is 6.61 Å². The van der Waals surface area contributed by atoms with Gasteiger partial charge in [0.1, 0.15) is 0 Å². The van der Waals surface area contributed by atoms with Crippen LogP contribution in [0.3, 0.4) is 0 Å². The molecule has 16 heavy (non-hydrogen) atoms. The van der Waals surface area contributed by atoms with Crippen molar-refractivity contribution in [3.8, 4) is 0 Å². The van der Waals surface area contributed by atoms with Crippen LogP contribution in [0.2, 0.25) is 0 Å². The Morgan fingerprint density at radius 2 is 2.25 bits per heavy atom. The molecule has 1 unspecified atom stereocenters. The smallest absolute Gasteiger partial charge is 0.261 e. The molecule has 1 rings (SSSR count). The summed E-state index contributed by atoms with van der Waals surface area (Å²) in [6.45, 7) is 6.08. The molecule has 3 nitrogen and oxygen atoms in total. The molecule has 0 aliphatic heterocycles. The summed E-state index contributed by atoms with van der Waals surface area (Å²) < 4.78 is 0. The number of hydrogen-bond acceptors (Lipinski definition) is 3. The highest BCUT2D eigenvalue weighted by Crippen LogP contribution is 2.24. The Morgan fingerprint density at radius 3 is 2.75 bits per heavy atom. The maximum Gasteiger partial charge on any atom is 0.261 e. The van der Waals surface area contributed by atoms with Gasteiger partial charge >= 0.3 is 0 Å². The van der Waals surface area contributed by atoms with E-state index in [-0.39, 0.29) is 18.6 Å². The van der Waals surface area contributed by atoms with E-state index in [1.54, 1.807) is 0 Å². The van der Waals surface area contributed by atoms with Crippen LogP contribution in [-0.4, -0.2) is 23.7 Å². The molecule has 1 atom stereocenters. The Kier molecular flexibility index (Phi) is 4.96. The predicted octanol–water partition coefficient (Wildman–Crippen LogP) is 2.37. The van der Waals surface area contributed by atoms with E-state index >= 15 is 0 Å². The summed E-state index contributed by atoms with van der Waals surface area (Å²) in [5.74, 6) is 0.279. The molecule has 1 heterocycles. The Morgan fingerprint density at radius 1 is 1.56 bits per heavy atom. The highest BCUT2D eigenvalue weighted by molar-refractivity contribution is 7.12. The fraction of sp³-hybridized carbons (Fsp3) is 0.583. The van der Waals surface area contributed by atoms with Crippen LogP contribution in [-0.2, 0) is 0 Å². The van der Waals surface area contributed by atoms with Crippen molar-refractivity contribution in [1.29, 1.82) is 0 Å². The number of thiophene rings is 1. The van der Waals surface area contributed by atoms with E-state index in [1.807, 2.05) is 18.4 Å². The maximum atomic E-state index is 11.9. The number of nitrogens with one attached hydrogen (secondary N) is 1. The molecule has 90 valence electrons. The Labute approximate surface area is 100 Å². The van der Waals surface area contributed by atoms with Gasteiger partial charge in [0, 0.05) is 0 Å². The molecule has 0 spiro atoms. The van der Waals surface area contributed by atoms with Gasteiger partial charge in [-0.25, -0.2) is 0 Å². The molecule has 0 saturated carbocycles. The molecule has 4 heteroatoms. The summed E-state index contributed by atoms with van der Waals surface area (Å²) in [4.78, 5) is 12.7. The summed E-state index contributed by atoms with van der Waals surface area (Å²) in [5.41, 5.74) is 1.08. The standard InChI is InChI=1S/C12H19NO2S/c1-4-9(7-14)13-12(15)11-10(8(2)3)5-6-16-11/h5-6,8-9,14H,4,7H2,1-3H3,(H,13,15). The van der Waals surface area contributed by atoms with Crippen LogP contribution in [0, 0.1) is 0 Å². The summed E-state index contributed by atoms with van der Waals surface area (Å²) in [6, 6.07) is 1.85. The van der Waals surface area contributed by atoms with Crippen molar-refractivity contribution in [1.82, 2.24) is 5.32 Å². The number of aliphatic hydroxyl groups excluding tert-OH is 1. The summed E-state index contributed by atoms with van der Waals surface area (Å²) >= 11 is 1.46. The van der Waals surface area contributed by atoms with E-state index < -0.39 is 0 Å². The molecule has 0 fully saturated rings. The van der Waals surface area contributed by atoms with Gasteiger partial charge in [-0.05, 0) is 29.3 Å². The number of carbonyl (C=O) groups excluding carboxylic acids is 1. The largest absolute Gasteiger partial charge is 0.394 e. The molecule has 1 aromatic rings. The van der Waals surface area contributed by atoms with Gasteiger partial charge < -0.3 is 10.4 Å². The lowest BCUT2D eigenvalue weighted by Crippen LogP contribution is -2.36. The fourth-order valence-electron chi connectivity index (χ4n) is 1.49. The molecule has 2 N–H and O–H groups in total. The molecule has 0 aliphatic carbocycles. The number of hydrogen-bond donors (Lipinski definition) is 2. The molecular weight excluding hydrogens is 222 g/mol. The third kappa shape index (κ3) is 3.06. The minimum absolute atomic E-state index is 0.00930. The lowest BCUT2D eigenvalue weighted by Gasteiger charge is -2.14. The third-order valence-corrected chi connectivity index (χ3v) is 3.50. The second-order valence-corrected chi connectivity index (χ2v) is 5.04. The van der Waals surface area contributed by atoms with Crippen molar-refractivity contribution < 1.29 is 9.90 Å². The monoisotopic (exact) mass is 241 g/mol. The highest BCUT2D eigenvalue weighted by atomic mass is 32.1. The van der Waals surface area contributed by atoms with Crippen LogP contribution in [0.25, 0.3) is 0 Å². The lowest BCUT2D eigenvalue weighted by atomic mass is 10.0. The maximum absolute atomic E-state index is 11.9. The summed E-state index contributed by atoms with van der Waals surface area (Å²) in [7, 11) is 0. The van der Waals surface area contributed by atoms with E-state index in [2.05, 4.69) is 19.2 Å². The SMILES string of the molecule is CCC(CO)NC(=O)c1sccc1C(C)C. The van der Waals surface area contributed by atoms with Crippen molar-refractivity contribution in [3.05, 3.63) is 21.9 Å². The Hall–Kier alpha value is -0.870. The minimum atomic E-state index is -0.144. The van der Waals surface area contributed by atoms with E-state index in [4.69, 9.17) is 5.11 Å². The quantitative estimate of drug-likeness (QED) is 0.831. The van der Waals surface area contributed by atoms with Crippen LogP contribution >= 0.6 is 11.3 Å². The first-order valence-corrected chi connectivity index (χ1v) is 6.47. The first-order valence-electron chi connectivity index (χ1n) is 5.59. The normalized spacial score (nSPS) is 12.8. The zero-order valence-electron chi connectivity index (χ0n) is 9.99. The summed E-state index contributed by atoms with van der Waals surface area (Å²) in [5, 5.41) is 13.8. The van der Waals surface area contributed by atoms with E-state index in [0.717, 1.165) is 16.9 Å². The average molecular weight is 241 g/mol. The molecule has 0 bridgehead atoms. The second kappa shape index (κ2) is 6.01. The molecule has 0 aliphatic rings. The van der Waals surface area contributed by atoms with Crippen LogP contribution < -0.4 is 5.32 Å². The van der Waals surface area contributed by atoms with E-state index in [0.29, 0.717) is 5.92 Å². The zero-order chi connectivity index (χ0) is 12.1. The van der Waals surface area contributed by atoms with Gasteiger partial charge in [-0.15, -0.1) is 11.3 Å². The third-order valence-electron chi connectivity index (χ3n) is 2.57. The summed E-state index contributed by atoms with van der Waals surface area (Å²) in [6.07, 6.45) is 0.741. The molecule has 1 amide bonds. The molecule has 0 radical (unpaired) electrons. The van der Waals surface area contributed by atoms with Gasteiger partial charge in [-0.3, -0.25) is 4.79 Å². The fourth-order valence-corrected chi connectivity index (χ4v) is 2.44. The van der Waals surface area contributed by atoms with Crippen LogP contribution in [0.5, 0.6) is 0 Å². The molecule has 1 aromatic heterocycles. The van der Waals surface area contributed by atoms with Gasteiger partial charge in [0.25, 0.3) is 5.91 Å². The lowest BCUT2D eigenvalue weighted by molar-refractivity contribution is 0.0918. The molecule has 0 aromatic carbocycles. The number of aliphatic hydroxyl groups is 1. The topological polar surface area (TPSA) is 49.3 Å². The van der Waals surface area contributed by atoms with Crippen LogP contribution in [0.15, 0.2) is 11.4 Å². The number of carbonyl (C=O) groups is 1. The number of rotatable bonds is 5. The minimum Gasteiger partial charge on any atom is -0.394 e. The zero-order valence-corrected chi connectivity index (χ0v) is 10.8. The van der Waals surface area contributed by atoms with Crippen LogP contribution in [0.1, 0.15) is 48.3 Å². The van der Waals surface area contributed by atoms with E-state index in [9.17, 15) is 4.79 Å². The Balaban J connectivity index is 2.76. The second-order valence-electron chi connectivity index (χ2n) is 4.12. The van der Waals surface area contributed by atoms with Gasteiger partial charge in [-0.2, -0.15) is 0 Å². The van der Waals surface area contributed by atoms with E-state index in [1.165, 1.54) is 11.3 Å². The van der Waals surface area contributed by atoms with Gasteiger partial charge in [0.15, 0.2) is 0 Å². The van der Waals surface area contributed by atoms with Gasteiger partial charge in [0.2, 0.25) is 0 Å². The van der Waals surface area contributed by atoms with Crippen molar-refractivity contribution in [2.45, 2.75) is 39.2 Å². The Bertz CT molecular complexity index is 343. The number of amides is 1. The van der Waals surface area contributed by atoms with Crippen molar-refractivity contribution >= 4 is 17.2 Å². The predicted molar refractivity (Wildman–Crippen MR) is 67.0 cm³/mol. The van der Waals surface area contributed by atoms with Crippen LogP contribution in [0.4, 0.5) is 0 Å². The van der Waals surface area contributed by atoms with Gasteiger partial charge in [-0.1, -0.05) is 20.8 Å².